The molecule has 1 heteroatoms. The summed E-state index contributed by atoms with van der Waals surface area (Å²) in [6.45, 7) is 5.93. The van der Waals surface area contributed by atoms with Gasteiger partial charge in [0.1, 0.15) is 0 Å². The summed E-state index contributed by atoms with van der Waals surface area (Å²) in [7, 11) is 0. The van der Waals surface area contributed by atoms with Gasteiger partial charge in [0.15, 0.2) is 0 Å². The third kappa shape index (κ3) is 6.48. The van der Waals surface area contributed by atoms with Gasteiger partial charge in [0, 0.05) is 6.61 Å². The van der Waals surface area contributed by atoms with Crippen LogP contribution in [0, 0.1) is 5.92 Å². The summed E-state index contributed by atoms with van der Waals surface area (Å²) >= 11 is 0. The fourth-order valence-corrected chi connectivity index (χ4v) is 5.27. The monoisotopic (exact) mass is 452 g/mol. The number of hydrogen-bond donors (Lipinski definition) is 0. The second-order valence-electron chi connectivity index (χ2n) is 9.75. The molecule has 1 nitrogen and oxygen atoms in total. The maximum absolute atomic E-state index is 5.89. The van der Waals surface area contributed by atoms with Gasteiger partial charge < -0.3 is 4.74 Å². The zero-order chi connectivity index (χ0) is 23.6. The molecule has 0 saturated heterocycles. The van der Waals surface area contributed by atoms with E-state index < -0.39 is 0 Å². The van der Waals surface area contributed by atoms with Gasteiger partial charge >= 0.3 is 0 Å². The Hall–Kier alpha value is -2.64. The zero-order valence-electron chi connectivity index (χ0n) is 21.0. The van der Waals surface area contributed by atoms with Crippen LogP contribution in [0.3, 0.4) is 0 Å². The Morgan fingerprint density at radius 2 is 1.47 bits per heavy atom. The topological polar surface area (TPSA) is 9.23 Å². The van der Waals surface area contributed by atoms with Crippen LogP contribution in [0.25, 0.3) is 22.3 Å². The van der Waals surface area contributed by atoms with Crippen molar-refractivity contribution in [1.29, 1.82) is 0 Å². The number of ether oxygens (including phenoxy) is 1. The van der Waals surface area contributed by atoms with Crippen LogP contribution in [0.15, 0.2) is 84.9 Å². The van der Waals surface area contributed by atoms with E-state index in [2.05, 4.69) is 98.8 Å². The SMILES string of the molecule is CC/C=C/CC1CCC(c2cc(COCCC)ccc2-c2ccc(-c3ccccc3)cc2)CC1. The molecule has 0 spiro atoms. The number of allylic oxidation sites excluding steroid dienone is 2. The van der Waals surface area contributed by atoms with Crippen molar-refractivity contribution in [3.05, 3.63) is 96.1 Å². The van der Waals surface area contributed by atoms with Gasteiger partial charge in [-0.3, -0.25) is 0 Å². The molecule has 1 saturated carbocycles. The highest BCUT2D eigenvalue weighted by Crippen LogP contribution is 2.41. The summed E-state index contributed by atoms with van der Waals surface area (Å²) in [5.74, 6) is 1.49. The van der Waals surface area contributed by atoms with Gasteiger partial charge in [-0.2, -0.15) is 0 Å². The normalized spacial score (nSPS) is 18.4. The lowest BCUT2D eigenvalue weighted by molar-refractivity contribution is 0.121. The van der Waals surface area contributed by atoms with E-state index in [0.29, 0.717) is 12.5 Å². The maximum atomic E-state index is 5.89. The van der Waals surface area contributed by atoms with Crippen LogP contribution in [0.1, 0.15) is 75.8 Å². The highest BCUT2D eigenvalue weighted by Gasteiger charge is 2.24. The molecule has 1 fully saturated rings. The highest BCUT2D eigenvalue weighted by molar-refractivity contribution is 5.73. The molecule has 1 aliphatic carbocycles. The summed E-state index contributed by atoms with van der Waals surface area (Å²) in [5, 5.41) is 0. The Morgan fingerprint density at radius 1 is 0.765 bits per heavy atom. The number of benzene rings is 3. The van der Waals surface area contributed by atoms with Crippen molar-refractivity contribution in [1.82, 2.24) is 0 Å². The summed E-state index contributed by atoms with van der Waals surface area (Å²) in [4.78, 5) is 0. The third-order valence-corrected chi connectivity index (χ3v) is 7.19. The fraction of sp³-hybridized carbons (Fsp3) is 0.394. The summed E-state index contributed by atoms with van der Waals surface area (Å²) in [5.41, 5.74) is 8.09. The summed E-state index contributed by atoms with van der Waals surface area (Å²) in [6.07, 6.45) is 13.4. The van der Waals surface area contributed by atoms with Crippen LogP contribution in [-0.2, 0) is 11.3 Å². The third-order valence-electron chi connectivity index (χ3n) is 7.19. The molecule has 0 amide bonds. The van der Waals surface area contributed by atoms with Crippen LogP contribution in [0.4, 0.5) is 0 Å². The second-order valence-corrected chi connectivity index (χ2v) is 9.75. The van der Waals surface area contributed by atoms with Crippen LogP contribution in [-0.4, -0.2) is 6.61 Å². The second kappa shape index (κ2) is 12.7. The highest BCUT2D eigenvalue weighted by atomic mass is 16.5. The van der Waals surface area contributed by atoms with Crippen molar-refractivity contribution in [2.75, 3.05) is 6.61 Å². The van der Waals surface area contributed by atoms with E-state index in [1.807, 2.05) is 0 Å². The molecule has 178 valence electrons. The van der Waals surface area contributed by atoms with Gasteiger partial charge in [-0.05, 0) is 90.2 Å². The Balaban J connectivity index is 1.56. The minimum atomic E-state index is 0.640. The molecule has 0 aromatic heterocycles. The Morgan fingerprint density at radius 3 is 2.18 bits per heavy atom. The first kappa shape index (κ1) is 24.5. The lowest BCUT2D eigenvalue weighted by Gasteiger charge is -2.30. The fourth-order valence-electron chi connectivity index (χ4n) is 5.27. The molecule has 0 aliphatic heterocycles. The molecule has 3 aromatic carbocycles. The van der Waals surface area contributed by atoms with Crippen LogP contribution < -0.4 is 0 Å². The molecule has 0 atom stereocenters. The number of hydrogen-bond acceptors (Lipinski definition) is 1. The first-order chi connectivity index (χ1) is 16.8. The Kier molecular flexibility index (Phi) is 9.16. The van der Waals surface area contributed by atoms with Crippen molar-refractivity contribution >= 4 is 0 Å². The number of rotatable bonds is 10. The van der Waals surface area contributed by atoms with E-state index >= 15 is 0 Å². The van der Waals surface area contributed by atoms with E-state index in [0.717, 1.165) is 25.4 Å². The van der Waals surface area contributed by atoms with E-state index in [1.165, 1.54) is 65.5 Å². The minimum Gasteiger partial charge on any atom is -0.377 e. The standard InChI is InChI=1S/C33H40O/c1-3-5-7-10-26-13-16-31(17-14-26)33-24-27(25-34-23-4-2)15-22-32(33)30-20-18-29(19-21-30)28-11-8-6-9-12-28/h5-9,11-12,15,18-22,24,26,31H,3-4,10,13-14,16-17,23,25H2,1-2H3/b7-5+. The van der Waals surface area contributed by atoms with Gasteiger partial charge in [-0.15, -0.1) is 0 Å². The summed E-state index contributed by atoms with van der Waals surface area (Å²) in [6, 6.07) is 26.8. The smallest absolute Gasteiger partial charge is 0.0716 e. The molecule has 0 bridgehead atoms. The molecule has 34 heavy (non-hydrogen) atoms. The maximum Gasteiger partial charge on any atom is 0.0716 e. The van der Waals surface area contributed by atoms with Crippen molar-refractivity contribution in [3.8, 4) is 22.3 Å². The van der Waals surface area contributed by atoms with Crippen molar-refractivity contribution in [3.63, 3.8) is 0 Å². The summed E-state index contributed by atoms with van der Waals surface area (Å²) < 4.78 is 5.89. The van der Waals surface area contributed by atoms with E-state index in [-0.39, 0.29) is 0 Å². The van der Waals surface area contributed by atoms with Gasteiger partial charge in [0.25, 0.3) is 0 Å². The van der Waals surface area contributed by atoms with Gasteiger partial charge in [0.05, 0.1) is 6.61 Å². The lowest BCUT2D eigenvalue weighted by Crippen LogP contribution is -2.14. The van der Waals surface area contributed by atoms with Gasteiger partial charge in [-0.25, -0.2) is 0 Å². The largest absolute Gasteiger partial charge is 0.377 e. The van der Waals surface area contributed by atoms with Crippen LogP contribution in [0.5, 0.6) is 0 Å². The van der Waals surface area contributed by atoms with Crippen molar-refractivity contribution in [2.24, 2.45) is 5.92 Å². The molecule has 1 aliphatic rings. The molecular weight excluding hydrogens is 412 g/mol. The molecule has 0 heterocycles. The molecule has 0 N–H and O–H groups in total. The lowest BCUT2D eigenvalue weighted by atomic mass is 9.75. The van der Waals surface area contributed by atoms with Gasteiger partial charge in [0.2, 0.25) is 0 Å². The Labute approximate surface area is 206 Å². The average molecular weight is 453 g/mol. The predicted octanol–water partition coefficient (Wildman–Crippen LogP) is 9.58. The van der Waals surface area contributed by atoms with E-state index in [9.17, 15) is 0 Å². The minimum absolute atomic E-state index is 0.640. The zero-order valence-corrected chi connectivity index (χ0v) is 21.0. The predicted molar refractivity (Wildman–Crippen MR) is 146 cm³/mol. The van der Waals surface area contributed by atoms with Crippen molar-refractivity contribution in [2.45, 2.75) is 71.3 Å². The van der Waals surface area contributed by atoms with Crippen molar-refractivity contribution < 1.29 is 4.74 Å². The van der Waals surface area contributed by atoms with Crippen LogP contribution in [0.2, 0.25) is 0 Å². The first-order valence-corrected chi connectivity index (χ1v) is 13.3. The van der Waals surface area contributed by atoms with Gasteiger partial charge in [-0.1, -0.05) is 98.8 Å². The molecule has 4 rings (SSSR count). The van der Waals surface area contributed by atoms with E-state index in [4.69, 9.17) is 4.74 Å². The molecule has 0 radical (unpaired) electrons. The average Bonchev–Trinajstić information content (AvgIpc) is 2.90. The first-order valence-electron chi connectivity index (χ1n) is 13.3. The molecule has 0 unspecified atom stereocenters. The quantitative estimate of drug-likeness (QED) is 0.220. The molecular formula is C33H40O. The Bertz CT molecular complexity index is 1020. The molecule has 3 aromatic rings. The van der Waals surface area contributed by atoms with E-state index in [1.54, 1.807) is 0 Å². The van der Waals surface area contributed by atoms with Crippen LogP contribution >= 0.6 is 0 Å².